The summed E-state index contributed by atoms with van der Waals surface area (Å²) in [4.78, 5) is -0.225. The third-order valence-corrected chi connectivity index (χ3v) is 4.25. The second-order valence-corrected chi connectivity index (χ2v) is 6.30. The molecule has 1 saturated heterocycles. The van der Waals surface area contributed by atoms with Crippen LogP contribution < -0.4 is 4.57 Å². The number of nitrogens with zero attached hydrogens (tertiary/aromatic N) is 1. The first-order valence-electron chi connectivity index (χ1n) is 6.80. The van der Waals surface area contributed by atoms with Gasteiger partial charge in [-0.2, -0.15) is 4.57 Å². The summed E-state index contributed by atoms with van der Waals surface area (Å²) in [5, 5.41) is 0. The highest BCUT2D eigenvalue weighted by molar-refractivity contribution is 7.85. The van der Waals surface area contributed by atoms with Gasteiger partial charge >= 0.3 is 0 Å². The molecular weight excluding hydrogens is 306 g/mol. The maximum Gasteiger partial charge on any atom is 0.245 e. The number of hydrogen-bond acceptors (Lipinski definition) is 5. The van der Waals surface area contributed by atoms with Crippen LogP contribution >= 0.6 is 0 Å². The molecule has 1 aromatic heterocycles. The van der Waals surface area contributed by atoms with E-state index in [4.69, 9.17) is 9.47 Å². The standard InChI is InChI=1S/C15H15NO5S/c17-22(18,19)13-6-4-12(5-7-13)11-16-8-2-1-3-14(16)15-20-9-10-21-15/h1-8,15H,9-11H2. The van der Waals surface area contributed by atoms with E-state index < -0.39 is 10.1 Å². The Balaban J connectivity index is 1.84. The predicted molar refractivity (Wildman–Crippen MR) is 74.8 cm³/mol. The van der Waals surface area contributed by atoms with Crippen molar-refractivity contribution in [1.29, 1.82) is 0 Å². The lowest BCUT2D eigenvalue weighted by Gasteiger charge is -2.10. The zero-order valence-electron chi connectivity index (χ0n) is 11.7. The van der Waals surface area contributed by atoms with Crippen molar-refractivity contribution < 1.29 is 27.0 Å². The van der Waals surface area contributed by atoms with Gasteiger partial charge in [-0.25, -0.2) is 8.42 Å². The van der Waals surface area contributed by atoms with Gasteiger partial charge in [0.05, 0.1) is 18.1 Å². The molecule has 0 N–H and O–H groups in total. The number of benzene rings is 1. The summed E-state index contributed by atoms with van der Waals surface area (Å²) < 4.78 is 45.8. The molecule has 0 unspecified atom stereocenters. The highest BCUT2D eigenvalue weighted by Crippen LogP contribution is 2.20. The van der Waals surface area contributed by atoms with Crippen LogP contribution in [0.1, 0.15) is 17.5 Å². The Labute approximate surface area is 128 Å². The van der Waals surface area contributed by atoms with Crippen molar-refractivity contribution in [3.8, 4) is 0 Å². The van der Waals surface area contributed by atoms with E-state index in [9.17, 15) is 13.0 Å². The van der Waals surface area contributed by atoms with Crippen LogP contribution in [0.25, 0.3) is 0 Å². The zero-order valence-corrected chi connectivity index (χ0v) is 12.5. The van der Waals surface area contributed by atoms with Crippen LogP contribution in [-0.4, -0.2) is 26.2 Å². The quantitative estimate of drug-likeness (QED) is 0.619. The molecular formula is C15H15NO5S. The largest absolute Gasteiger partial charge is 0.744 e. The predicted octanol–water partition coefficient (Wildman–Crippen LogP) is 0.972. The van der Waals surface area contributed by atoms with Gasteiger partial charge < -0.3 is 14.0 Å². The summed E-state index contributed by atoms with van der Waals surface area (Å²) in [5.74, 6) is 0. The molecule has 2 heterocycles. The van der Waals surface area contributed by atoms with Gasteiger partial charge in [0, 0.05) is 17.7 Å². The molecule has 0 aliphatic carbocycles. The molecule has 2 aromatic rings. The first-order chi connectivity index (χ1) is 10.5. The highest BCUT2D eigenvalue weighted by atomic mass is 32.2. The summed E-state index contributed by atoms with van der Waals surface area (Å²) in [6.45, 7) is 1.66. The fourth-order valence-electron chi connectivity index (χ4n) is 2.33. The van der Waals surface area contributed by atoms with Gasteiger partial charge in [0.2, 0.25) is 12.0 Å². The lowest BCUT2D eigenvalue weighted by atomic mass is 10.2. The van der Waals surface area contributed by atoms with E-state index in [1.807, 2.05) is 29.0 Å². The normalized spacial score (nSPS) is 16.0. The van der Waals surface area contributed by atoms with E-state index in [0.717, 1.165) is 11.3 Å². The van der Waals surface area contributed by atoms with Gasteiger partial charge in [0.15, 0.2) is 12.7 Å². The van der Waals surface area contributed by atoms with Gasteiger partial charge in [0.1, 0.15) is 10.1 Å². The number of aromatic nitrogens is 1. The fraction of sp³-hybridized carbons (Fsp3) is 0.267. The van der Waals surface area contributed by atoms with E-state index in [-0.39, 0.29) is 11.2 Å². The molecule has 6 nitrogen and oxygen atoms in total. The minimum absolute atomic E-state index is 0.225. The Hall–Kier alpha value is -1.80. The molecule has 1 aliphatic heterocycles. The minimum atomic E-state index is -4.41. The second kappa shape index (κ2) is 6.13. The van der Waals surface area contributed by atoms with Crippen LogP contribution in [0.15, 0.2) is 53.6 Å². The van der Waals surface area contributed by atoms with Crippen molar-refractivity contribution in [1.82, 2.24) is 0 Å². The number of rotatable bonds is 4. The van der Waals surface area contributed by atoms with Gasteiger partial charge in [-0.3, -0.25) is 0 Å². The van der Waals surface area contributed by atoms with E-state index >= 15 is 0 Å². The first-order valence-corrected chi connectivity index (χ1v) is 8.21. The van der Waals surface area contributed by atoms with Crippen molar-refractivity contribution in [2.24, 2.45) is 0 Å². The van der Waals surface area contributed by atoms with E-state index in [1.165, 1.54) is 12.1 Å². The van der Waals surface area contributed by atoms with E-state index in [1.54, 1.807) is 12.1 Å². The molecule has 3 rings (SSSR count). The van der Waals surface area contributed by atoms with Gasteiger partial charge in [-0.05, 0) is 18.2 Å². The maximum absolute atomic E-state index is 10.9. The number of hydrogen-bond donors (Lipinski definition) is 0. The Morgan fingerprint density at radius 3 is 2.41 bits per heavy atom. The SMILES string of the molecule is O=S(=O)([O-])c1ccc(C[n+]2ccccc2C2OCCO2)cc1. The summed E-state index contributed by atoms with van der Waals surface area (Å²) in [7, 11) is -4.41. The van der Waals surface area contributed by atoms with Crippen LogP contribution in [0.5, 0.6) is 0 Å². The molecule has 22 heavy (non-hydrogen) atoms. The average molecular weight is 321 g/mol. The number of ether oxygens (including phenoxy) is 2. The first kappa shape index (κ1) is 15.1. The molecule has 0 spiro atoms. The van der Waals surface area contributed by atoms with Crippen LogP contribution in [-0.2, 0) is 26.1 Å². The smallest absolute Gasteiger partial charge is 0.245 e. The Kier molecular flexibility index (Phi) is 4.21. The Morgan fingerprint density at radius 1 is 1.09 bits per heavy atom. The molecule has 1 aromatic carbocycles. The Bertz CT molecular complexity index is 752. The minimum Gasteiger partial charge on any atom is -0.744 e. The molecule has 0 amide bonds. The van der Waals surface area contributed by atoms with Crippen LogP contribution in [0, 0.1) is 0 Å². The Morgan fingerprint density at radius 2 is 1.77 bits per heavy atom. The van der Waals surface area contributed by atoms with E-state index in [0.29, 0.717) is 19.8 Å². The summed E-state index contributed by atoms with van der Waals surface area (Å²) in [6.07, 6.45) is 1.51. The monoisotopic (exact) mass is 321 g/mol. The highest BCUT2D eigenvalue weighted by Gasteiger charge is 2.27. The van der Waals surface area contributed by atoms with Crippen molar-refractivity contribution in [3.63, 3.8) is 0 Å². The zero-order chi connectivity index (χ0) is 15.6. The molecule has 0 atom stereocenters. The van der Waals surface area contributed by atoms with Gasteiger partial charge in [-0.15, -0.1) is 0 Å². The second-order valence-electron chi connectivity index (χ2n) is 4.92. The average Bonchev–Trinajstić information content (AvgIpc) is 3.01. The molecule has 1 aliphatic rings. The summed E-state index contributed by atoms with van der Waals surface area (Å²) in [5.41, 5.74) is 1.77. The maximum atomic E-state index is 10.9. The number of pyridine rings is 1. The lowest BCUT2D eigenvalue weighted by molar-refractivity contribution is -0.701. The molecule has 116 valence electrons. The van der Waals surface area contributed by atoms with Crippen molar-refractivity contribution in [2.45, 2.75) is 17.7 Å². The molecule has 7 heteroatoms. The van der Waals surface area contributed by atoms with Crippen molar-refractivity contribution in [3.05, 3.63) is 59.9 Å². The van der Waals surface area contributed by atoms with Gasteiger partial charge in [0.25, 0.3) is 0 Å². The lowest BCUT2D eigenvalue weighted by Crippen LogP contribution is -2.40. The van der Waals surface area contributed by atoms with Crippen molar-refractivity contribution >= 4 is 10.1 Å². The molecule has 0 saturated carbocycles. The molecule has 1 fully saturated rings. The fourth-order valence-corrected chi connectivity index (χ4v) is 2.80. The van der Waals surface area contributed by atoms with Crippen molar-refractivity contribution in [2.75, 3.05) is 13.2 Å². The topological polar surface area (TPSA) is 79.5 Å². The van der Waals surface area contributed by atoms with Crippen LogP contribution in [0.4, 0.5) is 0 Å². The van der Waals surface area contributed by atoms with Crippen LogP contribution in [0.3, 0.4) is 0 Å². The summed E-state index contributed by atoms with van der Waals surface area (Å²) >= 11 is 0. The summed E-state index contributed by atoms with van der Waals surface area (Å²) in [6, 6.07) is 11.6. The van der Waals surface area contributed by atoms with E-state index in [2.05, 4.69) is 0 Å². The van der Waals surface area contributed by atoms with Gasteiger partial charge in [-0.1, -0.05) is 12.1 Å². The van der Waals surface area contributed by atoms with Crippen LogP contribution in [0.2, 0.25) is 0 Å². The molecule has 0 radical (unpaired) electrons. The third-order valence-electron chi connectivity index (χ3n) is 3.40. The molecule has 0 bridgehead atoms. The third kappa shape index (κ3) is 3.33.